The molecule has 0 aliphatic carbocycles. The molecule has 0 heterocycles. The van der Waals surface area contributed by atoms with Crippen molar-refractivity contribution >= 4 is 17.5 Å². The minimum atomic E-state index is -1.11. The van der Waals surface area contributed by atoms with Crippen LogP contribution in [0.25, 0.3) is 0 Å². The van der Waals surface area contributed by atoms with Crippen molar-refractivity contribution < 1.29 is 14.8 Å². The van der Waals surface area contributed by atoms with Crippen molar-refractivity contribution in [2.75, 3.05) is 11.4 Å². The summed E-state index contributed by atoms with van der Waals surface area (Å²) in [5.74, 6) is 0. The van der Waals surface area contributed by atoms with Crippen molar-refractivity contribution in [1.29, 1.82) is 0 Å². The number of carbonyl (C=O) groups is 1. The Labute approximate surface area is 111 Å². The molecule has 0 atom stereocenters. The van der Waals surface area contributed by atoms with Crippen molar-refractivity contribution in [2.45, 2.75) is 27.7 Å². The molecule has 0 aliphatic heterocycles. The van der Waals surface area contributed by atoms with E-state index in [1.165, 1.54) is 12.1 Å². The Bertz CT molecular complexity index is 506. The lowest BCUT2D eigenvalue weighted by Gasteiger charge is -2.28. The molecule has 1 amide bonds. The summed E-state index contributed by atoms with van der Waals surface area (Å²) < 4.78 is 0. The van der Waals surface area contributed by atoms with E-state index in [1.807, 2.05) is 20.8 Å². The second-order valence-electron chi connectivity index (χ2n) is 5.66. The van der Waals surface area contributed by atoms with Crippen LogP contribution in [0.5, 0.6) is 0 Å². The molecule has 6 heteroatoms. The first-order valence-corrected chi connectivity index (χ1v) is 5.87. The number of benzene rings is 1. The molecule has 1 aromatic carbocycles. The van der Waals surface area contributed by atoms with Gasteiger partial charge < -0.3 is 5.11 Å². The van der Waals surface area contributed by atoms with Gasteiger partial charge in [-0.2, -0.15) is 0 Å². The molecule has 0 aliphatic rings. The Hall–Kier alpha value is -2.11. The molecule has 0 fully saturated rings. The SMILES string of the molecule is Cc1ccc([N+](=O)[O-])cc1N(CC(C)(C)C)C(=O)O. The number of nitro benzene ring substituents is 1. The van der Waals surface area contributed by atoms with Gasteiger partial charge in [-0.1, -0.05) is 26.8 Å². The minimum absolute atomic E-state index is 0.110. The van der Waals surface area contributed by atoms with Gasteiger partial charge in [-0.15, -0.1) is 0 Å². The number of carboxylic acid groups (broad SMARTS) is 1. The summed E-state index contributed by atoms with van der Waals surface area (Å²) in [5.41, 5.74) is 0.699. The van der Waals surface area contributed by atoms with Gasteiger partial charge in [0.25, 0.3) is 5.69 Å². The molecule has 19 heavy (non-hydrogen) atoms. The number of rotatable bonds is 3. The van der Waals surface area contributed by atoms with Crippen molar-refractivity contribution in [3.05, 3.63) is 33.9 Å². The van der Waals surface area contributed by atoms with E-state index in [0.717, 1.165) is 4.90 Å². The number of amides is 1. The molecule has 1 N–H and O–H groups in total. The van der Waals surface area contributed by atoms with Gasteiger partial charge in [0, 0.05) is 18.7 Å². The molecular formula is C13H18N2O4. The lowest BCUT2D eigenvalue weighted by Crippen LogP contribution is -2.37. The summed E-state index contributed by atoms with van der Waals surface area (Å²) in [6.45, 7) is 7.74. The van der Waals surface area contributed by atoms with E-state index >= 15 is 0 Å². The molecule has 6 nitrogen and oxygen atoms in total. The fraction of sp³-hybridized carbons (Fsp3) is 0.462. The molecule has 104 valence electrons. The van der Waals surface area contributed by atoms with E-state index in [9.17, 15) is 20.0 Å². The van der Waals surface area contributed by atoms with Gasteiger partial charge in [-0.25, -0.2) is 4.79 Å². The monoisotopic (exact) mass is 266 g/mol. The number of hydrogen-bond donors (Lipinski definition) is 1. The zero-order valence-electron chi connectivity index (χ0n) is 11.5. The van der Waals surface area contributed by atoms with E-state index < -0.39 is 11.0 Å². The first-order chi connectivity index (χ1) is 8.61. The second kappa shape index (κ2) is 5.26. The normalized spacial score (nSPS) is 11.2. The van der Waals surface area contributed by atoms with Crippen LogP contribution in [0.2, 0.25) is 0 Å². The molecule has 0 bridgehead atoms. The van der Waals surface area contributed by atoms with E-state index in [2.05, 4.69) is 0 Å². The smallest absolute Gasteiger partial charge is 0.411 e. The fourth-order valence-corrected chi connectivity index (χ4v) is 1.73. The highest BCUT2D eigenvalue weighted by Crippen LogP contribution is 2.28. The third kappa shape index (κ3) is 3.94. The third-order valence-corrected chi connectivity index (χ3v) is 2.56. The summed E-state index contributed by atoms with van der Waals surface area (Å²) in [7, 11) is 0. The lowest BCUT2D eigenvalue weighted by molar-refractivity contribution is -0.384. The second-order valence-corrected chi connectivity index (χ2v) is 5.66. The number of non-ortho nitro benzene ring substituents is 1. The van der Waals surface area contributed by atoms with E-state index in [0.29, 0.717) is 11.3 Å². The van der Waals surface area contributed by atoms with E-state index in [1.54, 1.807) is 13.0 Å². The van der Waals surface area contributed by atoms with Crippen LogP contribution in [0, 0.1) is 22.5 Å². The molecule has 0 aromatic heterocycles. The number of hydrogen-bond acceptors (Lipinski definition) is 3. The summed E-state index contributed by atoms with van der Waals surface area (Å²) in [6, 6.07) is 4.23. The standard InChI is InChI=1S/C13H18N2O4/c1-9-5-6-10(15(18)19)7-11(9)14(12(16)17)8-13(2,3)4/h5-7H,8H2,1-4H3,(H,16,17). The summed E-state index contributed by atoms with van der Waals surface area (Å²) >= 11 is 0. The van der Waals surface area contributed by atoms with Gasteiger partial charge in [0.1, 0.15) is 0 Å². The highest BCUT2D eigenvalue weighted by atomic mass is 16.6. The van der Waals surface area contributed by atoms with Crippen molar-refractivity contribution in [2.24, 2.45) is 5.41 Å². The lowest BCUT2D eigenvalue weighted by atomic mass is 9.95. The van der Waals surface area contributed by atoms with Crippen molar-refractivity contribution in [1.82, 2.24) is 0 Å². The van der Waals surface area contributed by atoms with Gasteiger partial charge in [0.2, 0.25) is 0 Å². The molecule has 1 aromatic rings. The predicted molar refractivity (Wildman–Crippen MR) is 72.7 cm³/mol. The van der Waals surface area contributed by atoms with Crippen LogP contribution in [0.3, 0.4) is 0 Å². The molecule has 0 radical (unpaired) electrons. The van der Waals surface area contributed by atoms with Crippen molar-refractivity contribution in [3.8, 4) is 0 Å². The highest BCUT2D eigenvalue weighted by molar-refractivity contribution is 5.87. The third-order valence-electron chi connectivity index (χ3n) is 2.56. The topological polar surface area (TPSA) is 83.7 Å². The number of nitrogens with zero attached hydrogens (tertiary/aromatic N) is 2. The Kier molecular flexibility index (Phi) is 4.14. The minimum Gasteiger partial charge on any atom is -0.465 e. The maximum absolute atomic E-state index is 11.4. The van der Waals surface area contributed by atoms with Crippen LogP contribution in [-0.4, -0.2) is 22.7 Å². The summed E-state index contributed by atoms with van der Waals surface area (Å²) in [5, 5.41) is 20.1. The molecular weight excluding hydrogens is 248 g/mol. The van der Waals surface area contributed by atoms with Crippen LogP contribution in [0.1, 0.15) is 26.3 Å². The van der Waals surface area contributed by atoms with E-state index in [4.69, 9.17) is 0 Å². The average Bonchev–Trinajstić information content (AvgIpc) is 2.25. The quantitative estimate of drug-likeness (QED) is 0.671. The molecule has 1 rings (SSSR count). The summed E-state index contributed by atoms with van der Waals surface area (Å²) in [4.78, 5) is 22.8. The van der Waals surface area contributed by atoms with Crippen LogP contribution < -0.4 is 4.90 Å². The fourth-order valence-electron chi connectivity index (χ4n) is 1.73. The molecule has 0 unspecified atom stereocenters. The largest absolute Gasteiger partial charge is 0.465 e. The first-order valence-electron chi connectivity index (χ1n) is 5.87. The van der Waals surface area contributed by atoms with Gasteiger partial charge in [0.05, 0.1) is 10.6 Å². The van der Waals surface area contributed by atoms with Crippen LogP contribution in [0.15, 0.2) is 18.2 Å². The molecule has 0 saturated carbocycles. The molecule has 0 saturated heterocycles. The number of aryl methyl sites for hydroxylation is 1. The van der Waals surface area contributed by atoms with E-state index in [-0.39, 0.29) is 17.6 Å². The average molecular weight is 266 g/mol. The van der Waals surface area contributed by atoms with Gasteiger partial charge in [-0.3, -0.25) is 15.0 Å². The maximum atomic E-state index is 11.4. The van der Waals surface area contributed by atoms with Crippen LogP contribution in [0.4, 0.5) is 16.2 Å². The Morgan fingerprint density at radius 2 is 2.00 bits per heavy atom. The highest BCUT2D eigenvalue weighted by Gasteiger charge is 2.24. The number of anilines is 1. The summed E-state index contributed by atoms with van der Waals surface area (Å²) in [6.07, 6.45) is -1.11. The van der Waals surface area contributed by atoms with Crippen molar-refractivity contribution in [3.63, 3.8) is 0 Å². The first kappa shape index (κ1) is 14.9. The Balaban J connectivity index is 3.26. The van der Waals surface area contributed by atoms with Gasteiger partial charge in [-0.05, 0) is 17.9 Å². The zero-order valence-corrected chi connectivity index (χ0v) is 11.5. The van der Waals surface area contributed by atoms with Gasteiger partial charge >= 0.3 is 6.09 Å². The maximum Gasteiger partial charge on any atom is 0.411 e. The van der Waals surface area contributed by atoms with Crippen LogP contribution in [-0.2, 0) is 0 Å². The molecule has 0 spiro atoms. The number of nitro groups is 1. The Morgan fingerprint density at radius 3 is 2.42 bits per heavy atom. The zero-order chi connectivity index (χ0) is 14.8. The predicted octanol–water partition coefficient (Wildman–Crippen LogP) is 3.43. The van der Waals surface area contributed by atoms with Crippen LogP contribution >= 0.6 is 0 Å². The van der Waals surface area contributed by atoms with Gasteiger partial charge in [0.15, 0.2) is 0 Å². The Morgan fingerprint density at radius 1 is 1.42 bits per heavy atom.